The highest BCUT2D eigenvalue weighted by Crippen LogP contribution is 2.17. The zero-order valence-electron chi connectivity index (χ0n) is 14.4. The van der Waals surface area contributed by atoms with Crippen molar-refractivity contribution in [1.29, 1.82) is 0 Å². The average molecular weight is 342 g/mol. The van der Waals surface area contributed by atoms with Crippen LogP contribution in [0.25, 0.3) is 0 Å². The number of alkyl halides is 3. The lowest BCUT2D eigenvalue weighted by Gasteiger charge is -2.06. The summed E-state index contributed by atoms with van der Waals surface area (Å²) in [6.45, 7) is 8.00. The smallest absolute Gasteiger partial charge is 0.399 e. The van der Waals surface area contributed by atoms with E-state index in [1.807, 2.05) is 58.0 Å². The number of carbonyl (C=O) groups excluding carboxylic acids is 1. The van der Waals surface area contributed by atoms with Crippen molar-refractivity contribution >= 4 is 17.3 Å². The molecular weight excluding hydrogens is 317 g/mol. The van der Waals surface area contributed by atoms with Gasteiger partial charge in [0.1, 0.15) is 0 Å². The van der Waals surface area contributed by atoms with Gasteiger partial charge in [0.05, 0.1) is 0 Å². The van der Waals surface area contributed by atoms with Gasteiger partial charge in [-0.3, -0.25) is 4.79 Å². The van der Waals surface area contributed by atoms with Crippen molar-refractivity contribution in [1.82, 2.24) is 0 Å². The molecule has 1 amide bonds. The SMILES string of the molecule is CC.CC.Nc1ccccc1.O=C(Nc1ccccc1)C(F)(F)F. The first-order valence-corrected chi connectivity index (χ1v) is 7.63. The Morgan fingerprint density at radius 3 is 1.50 bits per heavy atom. The van der Waals surface area contributed by atoms with Crippen LogP contribution in [0.3, 0.4) is 0 Å². The molecule has 6 heteroatoms. The van der Waals surface area contributed by atoms with E-state index in [2.05, 4.69) is 0 Å². The minimum absolute atomic E-state index is 0.129. The van der Waals surface area contributed by atoms with Gasteiger partial charge >= 0.3 is 12.1 Å². The van der Waals surface area contributed by atoms with Crippen molar-refractivity contribution in [2.24, 2.45) is 0 Å². The summed E-state index contributed by atoms with van der Waals surface area (Å²) < 4.78 is 35.2. The predicted octanol–water partition coefficient (Wildman–Crippen LogP) is 5.51. The van der Waals surface area contributed by atoms with Crippen LogP contribution >= 0.6 is 0 Å². The molecule has 3 N–H and O–H groups in total. The first-order chi connectivity index (χ1) is 11.4. The number of anilines is 2. The van der Waals surface area contributed by atoms with Gasteiger partial charge in [0.15, 0.2) is 0 Å². The first-order valence-electron chi connectivity index (χ1n) is 7.63. The molecule has 0 radical (unpaired) electrons. The number of nitrogens with one attached hydrogen (secondary N) is 1. The minimum Gasteiger partial charge on any atom is -0.399 e. The maximum atomic E-state index is 11.7. The third-order valence-electron chi connectivity index (χ3n) is 2.09. The van der Waals surface area contributed by atoms with Crippen molar-refractivity contribution < 1.29 is 18.0 Å². The molecule has 24 heavy (non-hydrogen) atoms. The number of hydrogen-bond acceptors (Lipinski definition) is 2. The highest BCUT2D eigenvalue weighted by Gasteiger charge is 2.38. The third-order valence-corrected chi connectivity index (χ3v) is 2.09. The third kappa shape index (κ3) is 12.1. The van der Waals surface area contributed by atoms with Gasteiger partial charge in [-0.05, 0) is 24.3 Å². The van der Waals surface area contributed by atoms with Crippen LogP contribution in [0, 0.1) is 0 Å². The Morgan fingerprint density at radius 1 is 0.833 bits per heavy atom. The zero-order valence-corrected chi connectivity index (χ0v) is 14.4. The highest BCUT2D eigenvalue weighted by atomic mass is 19.4. The number of halogens is 3. The summed E-state index contributed by atoms with van der Waals surface area (Å²) in [5.41, 5.74) is 6.31. The quantitative estimate of drug-likeness (QED) is 0.672. The first kappa shape index (κ1) is 23.8. The number of benzene rings is 2. The Hall–Kier alpha value is -2.50. The molecule has 2 rings (SSSR count). The van der Waals surface area contributed by atoms with Crippen molar-refractivity contribution in [2.75, 3.05) is 11.1 Å². The molecule has 0 bridgehead atoms. The van der Waals surface area contributed by atoms with Gasteiger partial charge in [-0.1, -0.05) is 64.1 Å². The molecule has 134 valence electrons. The minimum atomic E-state index is -4.84. The van der Waals surface area contributed by atoms with Gasteiger partial charge in [0.2, 0.25) is 0 Å². The van der Waals surface area contributed by atoms with Crippen molar-refractivity contribution in [3.8, 4) is 0 Å². The Morgan fingerprint density at radius 2 is 1.21 bits per heavy atom. The Bertz CT molecular complexity index is 529. The van der Waals surface area contributed by atoms with E-state index in [0.29, 0.717) is 0 Å². The Kier molecular flexibility index (Phi) is 14.0. The standard InChI is InChI=1S/C8H6F3NO.C6H7N.2C2H6/c9-8(10,11)7(13)12-6-4-2-1-3-5-6;7-6-4-2-1-3-5-6;2*1-2/h1-5H,(H,12,13);1-5H,7H2;2*1-2H3. The molecule has 3 nitrogen and oxygen atoms in total. The number of nitrogens with two attached hydrogens (primary N) is 1. The van der Waals surface area contributed by atoms with E-state index in [0.717, 1.165) is 5.69 Å². The number of para-hydroxylation sites is 2. The van der Waals surface area contributed by atoms with Crippen molar-refractivity contribution in [3.05, 3.63) is 60.7 Å². The van der Waals surface area contributed by atoms with E-state index in [4.69, 9.17) is 5.73 Å². The molecule has 0 fully saturated rings. The molecule has 0 aliphatic rings. The summed E-state index contributed by atoms with van der Waals surface area (Å²) in [4.78, 5) is 10.4. The Labute approximate surface area is 141 Å². The molecular formula is C18H25F3N2O. The van der Waals surface area contributed by atoms with Gasteiger partial charge in [0, 0.05) is 11.4 Å². The van der Waals surface area contributed by atoms with Crippen LogP contribution in [0.1, 0.15) is 27.7 Å². The summed E-state index contributed by atoms with van der Waals surface area (Å²) in [7, 11) is 0. The van der Waals surface area contributed by atoms with Gasteiger partial charge in [0.25, 0.3) is 0 Å². The van der Waals surface area contributed by atoms with E-state index in [1.165, 1.54) is 24.3 Å². The second-order valence-corrected chi connectivity index (χ2v) is 3.73. The summed E-state index contributed by atoms with van der Waals surface area (Å²) in [6.07, 6.45) is -4.84. The van der Waals surface area contributed by atoms with Crippen LogP contribution in [-0.4, -0.2) is 12.1 Å². The molecule has 0 saturated carbocycles. The molecule has 0 spiro atoms. The fraction of sp³-hybridized carbons (Fsp3) is 0.278. The fourth-order valence-electron chi connectivity index (χ4n) is 1.18. The normalized spacial score (nSPS) is 8.96. The number of nitrogen functional groups attached to an aromatic ring is 1. The van der Waals surface area contributed by atoms with Crippen LogP contribution in [0.2, 0.25) is 0 Å². The van der Waals surface area contributed by atoms with Crippen LogP contribution < -0.4 is 11.1 Å². The summed E-state index contributed by atoms with van der Waals surface area (Å²) >= 11 is 0. The molecule has 0 unspecified atom stereocenters. The average Bonchev–Trinajstić information content (AvgIpc) is 2.60. The molecule has 0 aromatic heterocycles. The molecule has 0 atom stereocenters. The van der Waals surface area contributed by atoms with Crippen LogP contribution in [0.5, 0.6) is 0 Å². The highest BCUT2D eigenvalue weighted by molar-refractivity contribution is 5.94. The van der Waals surface area contributed by atoms with E-state index in [1.54, 1.807) is 11.4 Å². The van der Waals surface area contributed by atoms with Crippen LogP contribution in [0.4, 0.5) is 24.5 Å². The molecule has 2 aromatic carbocycles. The number of hydrogen-bond donors (Lipinski definition) is 2. The monoisotopic (exact) mass is 342 g/mol. The van der Waals surface area contributed by atoms with E-state index in [-0.39, 0.29) is 5.69 Å². The molecule has 0 aliphatic carbocycles. The number of amides is 1. The maximum absolute atomic E-state index is 11.7. The van der Waals surface area contributed by atoms with Crippen LogP contribution in [0.15, 0.2) is 60.7 Å². The maximum Gasteiger partial charge on any atom is 0.471 e. The largest absolute Gasteiger partial charge is 0.471 e. The molecule has 2 aromatic rings. The molecule has 0 saturated heterocycles. The lowest BCUT2D eigenvalue weighted by molar-refractivity contribution is -0.167. The molecule has 0 heterocycles. The Balaban J connectivity index is 0. The lowest BCUT2D eigenvalue weighted by Crippen LogP contribution is -2.29. The zero-order chi connectivity index (χ0) is 19.0. The van der Waals surface area contributed by atoms with E-state index < -0.39 is 12.1 Å². The summed E-state index contributed by atoms with van der Waals surface area (Å²) in [5.74, 6) is -1.96. The number of rotatable bonds is 1. The topological polar surface area (TPSA) is 55.1 Å². The van der Waals surface area contributed by atoms with Crippen molar-refractivity contribution in [2.45, 2.75) is 33.9 Å². The van der Waals surface area contributed by atoms with Crippen molar-refractivity contribution in [3.63, 3.8) is 0 Å². The number of carbonyl (C=O) groups is 1. The fourth-order valence-corrected chi connectivity index (χ4v) is 1.18. The van der Waals surface area contributed by atoms with E-state index in [9.17, 15) is 18.0 Å². The van der Waals surface area contributed by atoms with Gasteiger partial charge < -0.3 is 11.1 Å². The van der Waals surface area contributed by atoms with Gasteiger partial charge in [-0.2, -0.15) is 13.2 Å². The van der Waals surface area contributed by atoms with Crippen LogP contribution in [-0.2, 0) is 4.79 Å². The summed E-state index contributed by atoms with van der Waals surface area (Å²) in [6, 6.07) is 17.0. The lowest BCUT2D eigenvalue weighted by atomic mass is 10.3. The second kappa shape index (κ2) is 14.1. The molecule has 0 aliphatic heterocycles. The van der Waals surface area contributed by atoms with Gasteiger partial charge in [-0.15, -0.1) is 0 Å². The second-order valence-electron chi connectivity index (χ2n) is 3.73. The predicted molar refractivity (Wildman–Crippen MR) is 94.7 cm³/mol. The summed E-state index contributed by atoms with van der Waals surface area (Å²) in [5, 5.41) is 1.72. The van der Waals surface area contributed by atoms with Gasteiger partial charge in [-0.25, -0.2) is 0 Å². The van der Waals surface area contributed by atoms with E-state index >= 15 is 0 Å².